The highest BCUT2D eigenvalue weighted by Crippen LogP contribution is 2.32. The Morgan fingerprint density at radius 3 is 2.64 bits per heavy atom. The number of rotatable bonds is 3. The molecule has 1 amide bonds. The number of phenolic OH excluding ortho intramolecular Hbond substituents is 1. The second-order valence-electron chi connectivity index (χ2n) is 5.10. The molecule has 128 valence electrons. The van der Waals surface area contributed by atoms with Crippen molar-refractivity contribution < 1.29 is 14.6 Å². The Bertz CT molecular complexity index is 1030. The fourth-order valence-electron chi connectivity index (χ4n) is 2.24. The van der Waals surface area contributed by atoms with Gasteiger partial charge in [-0.25, -0.2) is 15.0 Å². The molecular formula is C15H14N6O4. The van der Waals surface area contributed by atoms with E-state index in [4.69, 9.17) is 10.5 Å². The molecule has 10 heteroatoms. The van der Waals surface area contributed by atoms with Crippen LogP contribution in [0, 0.1) is 0 Å². The molecule has 0 unspecified atom stereocenters. The van der Waals surface area contributed by atoms with Crippen molar-refractivity contribution in [2.75, 3.05) is 18.2 Å². The van der Waals surface area contributed by atoms with Gasteiger partial charge in [0.25, 0.3) is 11.5 Å². The average Bonchev–Trinajstić information content (AvgIpc) is 2.60. The van der Waals surface area contributed by atoms with E-state index in [9.17, 15) is 14.7 Å². The minimum atomic E-state index is -0.569. The van der Waals surface area contributed by atoms with E-state index in [1.807, 2.05) is 0 Å². The summed E-state index contributed by atoms with van der Waals surface area (Å²) in [6, 6.07) is 2.77. The number of nitrogens with zero attached hydrogens (tertiary/aromatic N) is 4. The molecule has 0 aliphatic rings. The number of hydrogen-bond donors (Lipinski definition) is 3. The van der Waals surface area contributed by atoms with Gasteiger partial charge in [-0.3, -0.25) is 19.5 Å². The summed E-state index contributed by atoms with van der Waals surface area (Å²) >= 11 is 0. The standard InChI is InChI=1S/C15H14N6O4/c1-21-13(24)8-3-4-9(22)11(25-2)10(8)19-15(21)20-12(23)7-5-17-14(16)18-6-7/h3-6,22H,1-2H3,(H2,16,17,18)(H,19,20,23). The molecule has 25 heavy (non-hydrogen) atoms. The van der Waals surface area contributed by atoms with E-state index in [-0.39, 0.29) is 39.9 Å². The van der Waals surface area contributed by atoms with Gasteiger partial charge in [-0.05, 0) is 12.1 Å². The number of nitrogen functional groups attached to an aromatic ring is 1. The van der Waals surface area contributed by atoms with Crippen molar-refractivity contribution in [3.8, 4) is 11.5 Å². The quantitative estimate of drug-likeness (QED) is 0.615. The van der Waals surface area contributed by atoms with Gasteiger partial charge in [-0.2, -0.15) is 0 Å². The molecule has 0 aliphatic carbocycles. The van der Waals surface area contributed by atoms with Crippen molar-refractivity contribution in [2.45, 2.75) is 0 Å². The number of carbonyl (C=O) groups excluding carboxylic acids is 1. The number of ether oxygens (including phenoxy) is 1. The van der Waals surface area contributed by atoms with Crippen molar-refractivity contribution in [1.29, 1.82) is 0 Å². The van der Waals surface area contributed by atoms with Crippen LogP contribution in [0.2, 0.25) is 0 Å². The topological polar surface area (TPSA) is 145 Å². The van der Waals surface area contributed by atoms with E-state index in [0.29, 0.717) is 0 Å². The number of amides is 1. The number of anilines is 2. The van der Waals surface area contributed by atoms with E-state index in [2.05, 4.69) is 20.3 Å². The highest BCUT2D eigenvalue weighted by Gasteiger charge is 2.17. The summed E-state index contributed by atoms with van der Waals surface area (Å²) in [5.74, 6) is -0.682. The summed E-state index contributed by atoms with van der Waals surface area (Å²) in [5, 5.41) is 12.6. The third kappa shape index (κ3) is 2.80. The average molecular weight is 342 g/mol. The molecule has 0 spiro atoms. The summed E-state index contributed by atoms with van der Waals surface area (Å²) in [6.45, 7) is 0. The lowest BCUT2D eigenvalue weighted by Gasteiger charge is -2.12. The smallest absolute Gasteiger partial charge is 0.262 e. The number of fused-ring (bicyclic) bond motifs is 1. The maximum Gasteiger partial charge on any atom is 0.262 e. The number of methoxy groups -OCH3 is 1. The number of carbonyl (C=O) groups is 1. The second-order valence-corrected chi connectivity index (χ2v) is 5.10. The van der Waals surface area contributed by atoms with E-state index < -0.39 is 11.5 Å². The van der Waals surface area contributed by atoms with Crippen molar-refractivity contribution in [3.63, 3.8) is 0 Å². The number of nitrogens with one attached hydrogen (secondary N) is 1. The molecule has 3 aromatic rings. The molecule has 3 rings (SSSR count). The van der Waals surface area contributed by atoms with Gasteiger partial charge in [-0.15, -0.1) is 0 Å². The SMILES string of the molecule is COc1c(O)ccc2c(=O)n(C)c(NC(=O)c3cnc(N)nc3)nc12. The Labute approximate surface area is 140 Å². The van der Waals surface area contributed by atoms with Crippen molar-refractivity contribution in [1.82, 2.24) is 19.5 Å². The molecule has 0 bridgehead atoms. The number of phenols is 1. The van der Waals surface area contributed by atoms with Crippen LogP contribution >= 0.6 is 0 Å². The van der Waals surface area contributed by atoms with Gasteiger partial charge in [0.1, 0.15) is 5.52 Å². The molecule has 10 nitrogen and oxygen atoms in total. The molecule has 0 aliphatic heterocycles. The molecule has 0 radical (unpaired) electrons. The van der Waals surface area contributed by atoms with E-state index in [1.165, 1.54) is 43.3 Å². The largest absolute Gasteiger partial charge is 0.504 e. The van der Waals surface area contributed by atoms with Crippen LogP contribution in [0.1, 0.15) is 10.4 Å². The number of benzene rings is 1. The lowest BCUT2D eigenvalue weighted by molar-refractivity contribution is 0.102. The fourth-order valence-corrected chi connectivity index (χ4v) is 2.24. The Morgan fingerprint density at radius 1 is 1.32 bits per heavy atom. The summed E-state index contributed by atoms with van der Waals surface area (Å²) < 4.78 is 6.28. The Balaban J connectivity index is 2.10. The molecule has 2 heterocycles. The highest BCUT2D eigenvalue weighted by atomic mass is 16.5. The number of aromatic nitrogens is 4. The van der Waals surface area contributed by atoms with Gasteiger partial charge in [-0.1, -0.05) is 0 Å². The molecule has 0 saturated heterocycles. The third-order valence-corrected chi connectivity index (χ3v) is 3.54. The number of aromatic hydroxyl groups is 1. The first-order valence-corrected chi connectivity index (χ1v) is 7.08. The summed E-state index contributed by atoms with van der Waals surface area (Å²) in [6.07, 6.45) is 2.51. The summed E-state index contributed by atoms with van der Waals surface area (Å²) in [4.78, 5) is 36.5. The molecular weight excluding hydrogens is 328 g/mol. The highest BCUT2D eigenvalue weighted by molar-refractivity contribution is 6.03. The predicted molar refractivity (Wildman–Crippen MR) is 89.6 cm³/mol. The van der Waals surface area contributed by atoms with Crippen LogP contribution in [0.5, 0.6) is 11.5 Å². The van der Waals surface area contributed by atoms with Crippen LogP contribution in [-0.2, 0) is 7.05 Å². The van der Waals surface area contributed by atoms with E-state index >= 15 is 0 Å². The molecule has 1 aromatic carbocycles. The maximum atomic E-state index is 12.5. The summed E-state index contributed by atoms with van der Waals surface area (Å²) in [5.41, 5.74) is 5.25. The predicted octanol–water partition coefficient (Wildman–Crippen LogP) is 0.272. The minimum Gasteiger partial charge on any atom is -0.504 e. The molecule has 0 saturated carbocycles. The Kier molecular flexibility index (Phi) is 3.93. The zero-order valence-electron chi connectivity index (χ0n) is 13.3. The van der Waals surface area contributed by atoms with Crippen LogP contribution in [-0.4, -0.2) is 37.6 Å². The maximum absolute atomic E-state index is 12.5. The first kappa shape index (κ1) is 16.2. The minimum absolute atomic E-state index is 0.0248. The molecule has 0 atom stereocenters. The third-order valence-electron chi connectivity index (χ3n) is 3.54. The van der Waals surface area contributed by atoms with E-state index in [0.717, 1.165) is 0 Å². The fraction of sp³-hybridized carbons (Fsp3) is 0.133. The normalized spacial score (nSPS) is 10.6. The van der Waals surface area contributed by atoms with Crippen LogP contribution in [0.15, 0.2) is 29.3 Å². The lowest BCUT2D eigenvalue weighted by atomic mass is 10.2. The second kappa shape index (κ2) is 6.07. The Hall–Kier alpha value is -3.69. The first-order chi connectivity index (χ1) is 11.9. The number of nitrogens with two attached hydrogens (primary N) is 1. The van der Waals surface area contributed by atoms with Crippen LogP contribution in [0.25, 0.3) is 10.9 Å². The monoisotopic (exact) mass is 342 g/mol. The molecule has 0 fully saturated rings. The Morgan fingerprint density at radius 2 is 2.00 bits per heavy atom. The zero-order valence-corrected chi connectivity index (χ0v) is 13.3. The number of hydrogen-bond acceptors (Lipinski definition) is 8. The van der Waals surface area contributed by atoms with Gasteiger partial charge in [0.05, 0.1) is 18.1 Å². The van der Waals surface area contributed by atoms with Crippen LogP contribution < -0.4 is 21.3 Å². The molecule has 2 aromatic heterocycles. The summed E-state index contributed by atoms with van der Waals surface area (Å²) in [7, 11) is 2.81. The van der Waals surface area contributed by atoms with Gasteiger partial charge in [0, 0.05) is 19.4 Å². The van der Waals surface area contributed by atoms with Gasteiger partial charge >= 0.3 is 0 Å². The van der Waals surface area contributed by atoms with Gasteiger partial charge in [0.2, 0.25) is 11.9 Å². The zero-order chi connectivity index (χ0) is 18.1. The van der Waals surface area contributed by atoms with Crippen molar-refractivity contribution in [2.24, 2.45) is 7.05 Å². The first-order valence-electron chi connectivity index (χ1n) is 7.08. The van der Waals surface area contributed by atoms with Crippen molar-refractivity contribution in [3.05, 3.63) is 40.4 Å². The lowest BCUT2D eigenvalue weighted by Crippen LogP contribution is -2.25. The van der Waals surface area contributed by atoms with Crippen LogP contribution in [0.4, 0.5) is 11.9 Å². The van der Waals surface area contributed by atoms with Crippen LogP contribution in [0.3, 0.4) is 0 Å². The van der Waals surface area contributed by atoms with Crippen molar-refractivity contribution >= 4 is 28.7 Å². The van der Waals surface area contributed by atoms with E-state index in [1.54, 1.807) is 0 Å². The van der Waals surface area contributed by atoms with Gasteiger partial charge in [0.15, 0.2) is 11.5 Å². The molecule has 4 N–H and O–H groups in total. The van der Waals surface area contributed by atoms with Gasteiger partial charge < -0.3 is 15.6 Å².